The summed E-state index contributed by atoms with van der Waals surface area (Å²) in [6.07, 6.45) is 3.58. The molecule has 148 valence electrons. The van der Waals surface area contributed by atoms with Gasteiger partial charge in [0.15, 0.2) is 5.82 Å². The van der Waals surface area contributed by atoms with Crippen LogP contribution in [0.5, 0.6) is 0 Å². The molecular formula is C23H29ClN3O+. The van der Waals surface area contributed by atoms with Crippen molar-refractivity contribution in [3.05, 3.63) is 74.8 Å². The molecular weight excluding hydrogens is 370 g/mol. The number of unbranched alkanes of at least 4 members (excludes halogenated alkanes) is 1. The molecule has 0 saturated carbocycles. The van der Waals surface area contributed by atoms with Gasteiger partial charge < -0.3 is 10.3 Å². The van der Waals surface area contributed by atoms with Crippen LogP contribution in [-0.2, 0) is 13.0 Å². The summed E-state index contributed by atoms with van der Waals surface area (Å²) in [6, 6.07) is 14.4. The Kier molecular flexibility index (Phi) is 6.87. The maximum Gasteiger partial charge on any atom is 0.258 e. The van der Waals surface area contributed by atoms with Gasteiger partial charge in [0.05, 0.1) is 10.9 Å². The van der Waals surface area contributed by atoms with E-state index in [1.54, 1.807) is 18.2 Å². The molecule has 3 aromatic rings. The molecule has 0 spiro atoms. The monoisotopic (exact) mass is 398 g/mol. The van der Waals surface area contributed by atoms with Gasteiger partial charge in [0.25, 0.3) is 5.56 Å². The zero-order valence-electron chi connectivity index (χ0n) is 16.8. The highest BCUT2D eigenvalue weighted by molar-refractivity contribution is 6.31. The highest BCUT2D eigenvalue weighted by Gasteiger charge is 2.20. The maximum atomic E-state index is 12.3. The summed E-state index contributed by atoms with van der Waals surface area (Å²) >= 11 is 6.06. The van der Waals surface area contributed by atoms with E-state index >= 15 is 0 Å². The van der Waals surface area contributed by atoms with Crippen molar-refractivity contribution in [3.8, 4) is 0 Å². The number of H-pyrrole nitrogens is 1. The average molecular weight is 399 g/mol. The molecule has 4 nitrogen and oxygen atoms in total. The van der Waals surface area contributed by atoms with E-state index in [1.165, 1.54) is 24.0 Å². The Morgan fingerprint density at radius 2 is 1.89 bits per heavy atom. The Hall–Kier alpha value is -2.17. The van der Waals surface area contributed by atoms with Crippen molar-refractivity contribution < 1.29 is 5.32 Å². The molecule has 0 bridgehead atoms. The van der Waals surface area contributed by atoms with Crippen molar-refractivity contribution >= 4 is 22.5 Å². The van der Waals surface area contributed by atoms with E-state index in [2.05, 4.69) is 60.3 Å². The molecule has 1 aromatic heterocycles. The lowest BCUT2D eigenvalue weighted by Gasteiger charge is -2.20. The van der Waals surface area contributed by atoms with Gasteiger partial charge in [-0.05, 0) is 36.6 Å². The standard InChI is InChI=1S/C23H28ClN3O/c1-4-5-6-16-7-9-17(10-8-16)22(15(2)3)25-14-21-26-20-13-18(24)11-12-19(20)23(28)27-21/h7-13,15,22,25H,4-6,14H2,1-3H3,(H,26,27,28)/p+1/t22-/m0/s1. The van der Waals surface area contributed by atoms with Crippen LogP contribution in [0.1, 0.15) is 56.6 Å². The third kappa shape index (κ3) is 5.00. The van der Waals surface area contributed by atoms with Gasteiger partial charge in [-0.25, -0.2) is 4.98 Å². The van der Waals surface area contributed by atoms with Gasteiger partial charge in [0, 0.05) is 16.5 Å². The molecule has 1 atom stereocenters. The topological polar surface area (TPSA) is 62.4 Å². The number of nitrogens with two attached hydrogens (primary N) is 1. The van der Waals surface area contributed by atoms with E-state index in [-0.39, 0.29) is 5.56 Å². The zero-order valence-corrected chi connectivity index (χ0v) is 17.6. The van der Waals surface area contributed by atoms with Crippen LogP contribution in [0.25, 0.3) is 10.9 Å². The van der Waals surface area contributed by atoms with E-state index in [4.69, 9.17) is 11.6 Å². The average Bonchev–Trinajstić information content (AvgIpc) is 2.67. The van der Waals surface area contributed by atoms with Crippen molar-refractivity contribution in [3.63, 3.8) is 0 Å². The summed E-state index contributed by atoms with van der Waals surface area (Å²) in [4.78, 5) is 19.8. The predicted octanol–water partition coefficient (Wildman–Crippen LogP) is 4.38. The van der Waals surface area contributed by atoms with Crippen LogP contribution in [0.2, 0.25) is 5.02 Å². The first-order chi connectivity index (χ1) is 13.5. The lowest BCUT2D eigenvalue weighted by Crippen LogP contribution is -2.85. The predicted molar refractivity (Wildman–Crippen MR) is 116 cm³/mol. The van der Waals surface area contributed by atoms with Crippen LogP contribution in [-0.4, -0.2) is 9.97 Å². The highest BCUT2D eigenvalue weighted by Crippen LogP contribution is 2.19. The molecule has 0 unspecified atom stereocenters. The molecule has 28 heavy (non-hydrogen) atoms. The van der Waals surface area contributed by atoms with Gasteiger partial charge in [-0.1, -0.05) is 63.1 Å². The molecule has 0 aliphatic rings. The van der Waals surface area contributed by atoms with Gasteiger partial charge in [0.2, 0.25) is 0 Å². The fraction of sp³-hybridized carbons (Fsp3) is 0.391. The van der Waals surface area contributed by atoms with Crippen molar-refractivity contribution in [1.82, 2.24) is 9.97 Å². The van der Waals surface area contributed by atoms with E-state index in [0.29, 0.717) is 40.3 Å². The summed E-state index contributed by atoms with van der Waals surface area (Å²) < 4.78 is 0. The van der Waals surface area contributed by atoms with Gasteiger partial charge >= 0.3 is 0 Å². The first kappa shape index (κ1) is 20.6. The minimum Gasteiger partial charge on any atom is -0.334 e. The number of aromatic nitrogens is 2. The van der Waals surface area contributed by atoms with Gasteiger partial charge in [-0.15, -0.1) is 0 Å². The Morgan fingerprint density at radius 1 is 1.14 bits per heavy atom. The minimum absolute atomic E-state index is 0.119. The number of aryl methyl sites for hydroxylation is 1. The molecule has 3 rings (SSSR count). The number of benzene rings is 2. The summed E-state index contributed by atoms with van der Waals surface area (Å²) in [5.74, 6) is 1.13. The zero-order chi connectivity index (χ0) is 20.1. The first-order valence-electron chi connectivity index (χ1n) is 10.1. The second-order valence-electron chi connectivity index (χ2n) is 7.73. The highest BCUT2D eigenvalue weighted by atomic mass is 35.5. The van der Waals surface area contributed by atoms with Gasteiger partial charge in [-0.2, -0.15) is 0 Å². The van der Waals surface area contributed by atoms with E-state index in [1.807, 2.05) is 0 Å². The Labute approximate surface area is 171 Å². The molecule has 0 saturated heterocycles. The minimum atomic E-state index is -0.119. The van der Waals surface area contributed by atoms with E-state index in [9.17, 15) is 4.79 Å². The van der Waals surface area contributed by atoms with Crippen LogP contribution in [0.15, 0.2) is 47.3 Å². The smallest absolute Gasteiger partial charge is 0.258 e. The number of rotatable bonds is 8. The summed E-state index contributed by atoms with van der Waals surface area (Å²) in [6.45, 7) is 7.28. The van der Waals surface area contributed by atoms with E-state index in [0.717, 1.165) is 6.42 Å². The van der Waals surface area contributed by atoms with Crippen molar-refractivity contribution in [2.45, 2.75) is 52.6 Å². The Morgan fingerprint density at radius 3 is 2.57 bits per heavy atom. The van der Waals surface area contributed by atoms with Crippen LogP contribution in [0, 0.1) is 5.92 Å². The number of hydrogen-bond donors (Lipinski definition) is 2. The first-order valence-corrected chi connectivity index (χ1v) is 10.5. The molecule has 3 N–H and O–H groups in total. The fourth-order valence-electron chi connectivity index (χ4n) is 3.58. The van der Waals surface area contributed by atoms with Crippen LogP contribution in [0.4, 0.5) is 0 Å². The van der Waals surface area contributed by atoms with Crippen LogP contribution in [0.3, 0.4) is 0 Å². The number of fused-ring (bicyclic) bond motifs is 1. The normalized spacial score (nSPS) is 12.6. The van der Waals surface area contributed by atoms with Crippen molar-refractivity contribution in [2.75, 3.05) is 0 Å². The molecule has 0 amide bonds. The van der Waals surface area contributed by atoms with Crippen molar-refractivity contribution in [1.29, 1.82) is 0 Å². The molecule has 0 aliphatic heterocycles. The maximum absolute atomic E-state index is 12.3. The summed E-state index contributed by atoms with van der Waals surface area (Å²) in [5.41, 5.74) is 3.22. The number of aromatic amines is 1. The summed E-state index contributed by atoms with van der Waals surface area (Å²) in [5, 5.41) is 3.40. The molecule has 0 fully saturated rings. The fourth-order valence-corrected chi connectivity index (χ4v) is 3.74. The molecule has 0 aliphatic carbocycles. The second-order valence-corrected chi connectivity index (χ2v) is 8.17. The Bertz CT molecular complexity index is 979. The Balaban J connectivity index is 1.76. The number of nitrogens with one attached hydrogen (secondary N) is 1. The SMILES string of the molecule is CCCCc1ccc([C@@H]([NH2+]Cc2nc3cc(Cl)ccc3c(=O)[nH]2)C(C)C)cc1. The number of hydrogen-bond acceptors (Lipinski definition) is 2. The largest absolute Gasteiger partial charge is 0.334 e. The van der Waals surface area contributed by atoms with Gasteiger partial charge in [0.1, 0.15) is 12.6 Å². The lowest BCUT2D eigenvalue weighted by molar-refractivity contribution is -0.718. The number of nitrogens with zero attached hydrogens (tertiary/aromatic N) is 1. The molecule has 1 heterocycles. The lowest BCUT2D eigenvalue weighted by atomic mass is 9.94. The number of halogens is 1. The van der Waals surface area contributed by atoms with Crippen LogP contribution >= 0.6 is 11.6 Å². The van der Waals surface area contributed by atoms with Gasteiger partial charge in [-0.3, -0.25) is 4.79 Å². The molecule has 5 heteroatoms. The van der Waals surface area contributed by atoms with E-state index < -0.39 is 0 Å². The number of quaternary nitrogens is 1. The molecule has 0 radical (unpaired) electrons. The molecule has 2 aromatic carbocycles. The quantitative estimate of drug-likeness (QED) is 0.591. The third-order valence-electron chi connectivity index (χ3n) is 5.18. The second kappa shape index (κ2) is 9.35. The van der Waals surface area contributed by atoms with Crippen molar-refractivity contribution in [2.24, 2.45) is 5.92 Å². The van der Waals surface area contributed by atoms with Crippen LogP contribution < -0.4 is 10.9 Å². The summed E-state index contributed by atoms with van der Waals surface area (Å²) in [7, 11) is 0. The third-order valence-corrected chi connectivity index (χ3v) is 5.42.